The average molecular weight is 409 g/mol. The topological polar surface area (TPSA) is 78.4 Å². The summed E-state index contributed by atoms with van der Waals surface area (Å²) in [6, 6.07) is 16.6. The van der Waals surface area contributed by atoms with Crippen LogP contribution in [0.2, 0.25) is 5.02 Å². The lowest BCUT2D eigenvalue weighted by Gasteiger charge is -2.29. The van der Waals surface area contributed by atoms with Crippen LogP contribution < -0.4 is 5.32 Å². The predicted molar refractivity (Wildman–Crippen MR) is 113 cm³/mol. The van der Waals surface area contributed by atoms with E-state index in [1.54, 1.807) is 23.2 Å². The van der Waals surface area contributed by atoms with Gasteiger partial charge in [0.05, 0.1) is 11.8 Å². The molecule has 7 heteroatoms. The third-order valence-corrected chi connectivity index (χ3v) is 5.19. The fraction of sp³-hybridized carbons (Fsp3) is 0.227. The van der Waals surface area contributed by atoms with E-state index in [-0.39, 0.29) is 12.0 Å². The maximum atomic E-state index is 12.6. The van der Waals surface area contributed by atoms with E-state index in [1.165, 1.54) is 0 Å². The van der Waals surface area contributed by atoms with Gasteiger partial charge in [-0.15, -0.1) is 0 Å². The molecule has 2 aromatic carbocycles. The zero-order valence-electron chi connectivity index (χ0n) is 15.8. The summed E-state index contributed by atoms with van der Waals surface area (Å²) in [6.45, 7) is 1.18. The normalized spacial score (nSPS) is 14.6. The monoisotopic (exact) mass is 408 g/mol. The van der Waals surface area contributed by atoms with Gasteiger partial charge < -0.3 is 15.3 Å². The van der Waals surface area contributed by atoms with Gasteiger partial charge in [0.1, 0.15) is 0 Å². The second-order valence-corrected chi connectivity index (χ2v) is 7.43. The number of rotatable bonds is 4. The third kappa shape index (κ3) is 4.72. The van der Waals surface area contributed by atoms with Gasteiger partial charge in [-0.3, -0.25) is 4.79 Å². The van der Waals surface area contributed by atoms with Crippen molar-refractivity contribution in [3.8, 4) is 11.3 Å². The Balaban J connectivity index is 1.44. The fourth-order valence-electron chi connectivity index (χ4n) is 3.28. The van der Waals surface area contributed by atoms with Crippen LogP contribution in [0.4, 0.5) is 11.6 Å². The average Bonchev–Trinajstić information content (AvgIpc) is 2.75. The molecular weight excluding hydrogens is 388 g/mol. The Kier molecular flexibility index (Phi) is 5.74. The molecule has 0 radical (unpaired) electrons. The second kappa shape index (κ2) is 8.59. The number of anilines is 2. The lowest BCUT2D eigenvalue weighted by Crippen LogP contribution is -2.40. The van der Waals surface area contributed by atoms with Gasteiger partial charge in [0.25, 0.3) is 5.91 Å². The van der Waals surface area contributed by atoms with Gasteiger partial charge in [-0.25, -0.2) is 9.97 Å². The van der Waals surface area contributed by atoms with Crippen LogP contribution in [0, 0.1) is 0 Å². The molecule has 1 aromatic heterocycles. The minimum atomic E-state index is -0.297. The molecule has 4 rings (SSSR count). The number of aliphatic hydroxyl groups excluding tert-OH is 1. The van der Waals surface area contributed by atoms with Crippen LogP contribution in [0.3, 0.4) is 0 Å². The lowest BCUT2D eigenvalue weighted by atomic mass is 10.1. The van der Waals surface area contributed by atoms with Gasteiger partial charge in [0, 0.05) is 41.1 Å². The van der Waals surface area contributed by atoms with Crippen molar-refractivity contribution >= 4 is 29.1 Å². The van der Waals surface area contributed by atoms with Crippen LogP contribution in [-0.2, 0) is 0 Å². The van der Waals surface area contributed by atoms with Crippen LogP contribution >= 0.6 is 11.6 Å². The van der Waals surface area contributed by atoms with E-state index in [1.807, 2.05) is 42.5 Å². The number of piperidine rings is 1. The molecule has 3 aromatic rings. The van der Waals surface area contributed by atoms with E-state index in [2.05, 4.69) is 15.3 Å². The Morgan fingerprint density at radius 1 is 1.03 bits per heavy atom. The maximum Gasteiger partial charge on any atom is 0.253 e. The van der Waals surface area contributed by atoms with Gasteiger partial charge in [-0.1, -0.05) is 23.7 Å². The molecule has 0 bridgehead atoms. The number of aromatic nitrogens is 2. The Morgan fingerprint density at radius 2 is 1.72 bits per heavy atom. The molecular formula is C22H21ClN4O2. The number of carbonyl (C=O) groups is 1. The molecule has 6 nitrogen and oxygen atoms in total. The van der Waals surface area contributed by atoms with Crippen molar-refractivity contribution in [2.75, 3.05) is 18.4 Å². The first-order chi connectivity index (χ1) is 14.1. The van der Waals surface area contributed by atoms with Crippen molar-refractivity contribution in [2.24, 2.45) is 0 Å². The smallest absolute Gasteiger partial charge is 0.253 e. The highest BCUT2D eigenvalue weighted by Crippen LogP contribution is 2.22. The van der Waals surface area contributed by atoms with E-state index in [9.17, 15) is 9.90 Å². The Morgan fingerprint density at radius 3 is 2.41 bits per heavy atom. The first-order valence-electron chi connectivity index (χ1n) is 9.52. The number of benzene rings is 2. The fourth-order valence-corrected chi connectivity index (χ4v) is 3.40. The summed E-state index contributed by atoms with van der Waals surface area (Å²) in [5.74, 6) is 0.464. The zero-order valence-corrected chi connectivity index (χ0v) is 16.5. The molecule has 148 valence electrons. The molecule has 1 aliphatic rings. The lowest BCUT2D eigenvalue weighted by molar-refractivity contribution is 0.0546. The molecule has 1 fully saturated rings. The van der Waals surface area contributed by atoms with Crippen molar-refractivity contribution in [1.82, 2.24) is 14.9 Å². The zero-order chi connectivity index (χ0) is 20.2. The summed E-state index contributed by atoms with van der Waals surface area (Å²) >= 11 is 5.95. The van der Waals surface area contributed by atoms with Crippen molar-refractivity contribution in [3.63, 3.8) is 0 Å². The predicted octanol–water partition coefficient (Wildman–Crippen LogP) is 4.14. The van der Waals surface area contributed by atoms with Gasteiger partial charge >= 0.3 is 0 Å². The molecule has 0 saturated carbocycles. The SMILES string of the molecule is O=C(c1ccc(Nc2nccc(-c3ccc(Cl)cc3)n2)cc1)N1CCC(O)CC1. The van der Waals surface area contributed by atoms with Crippen LogP contribution in [0.5, 0.6) is 0 Å². The number of nitrogens with one attached hydrogen (secondary N) is 1. The van der Waals surface area contributed by atoms with Gasteiger partial charge in [-0.05, 0) is 55.3 Å². The molecule has 2 N–H and O–H groups in total. The Hall–Kier alpha value is -2.96. The van der Waals surface area contributed by atoms with E-state index in [4.69, 9.17) is 11.6 Å². The molecule has 1 saturated heterocycles. The molecule has 2 heterocycles. The second-order valence-electron chi connectivity index (χ2n) is 7.00. The van der Waals surface area contributed by atoms with Crippen LogP contribution in [0.25, 0.3) is 11.3 Å². The largest absolute Gasteiger partial charge is 0.393 e. The number of likely N-dealkylation sites (tertiary alicyclic amines) is 1. The van der Waals surface area contributed by atoms with Crippen LogP contribution in [0.1, 0.15) is 23.2 Å². The summed E-state index contributed by atoms with van der Waals surface area (Å²) in [7, 11) is 0. The van der Waals surface area contributed by atoms with Crippen molar-refractivity contribution in [1.29, 1.82) is 0 Å². The Bertz CT molecular complexity index is 984. The van der Waals surface area contributed by atoms with E-state index < -0.39 is 0 Å². The Labute approximate surface area is 174 Å². The minimum Gasteiger partial charge on any atom is -0.393 e. The number of hydrogen-bond donors (Lipinski definition) is 2. The highest BCUT2D eigenvalue weighted by molar-refractivity contribution is 6.30. The standard InChI is InChI=1S/C22H21ClN4O2/c23-17-5-1-15(2-6-17)20-9-12-24-22(26-20)25-18-7-3-16(4-8-18)21(29)27-13-10-19(28)11-14-27/h1-9,12,19,28H,10-11,13-14H2,(H,24,25,26). The molecule has 0 spiro atoms. The van der Waals surface area contributed by atoms with E-state index >= 15 is 0 Å². The van der Waals surface area contributed by atoms with E-state index in [0.717, 1.165) is 16.9 Å². The first-order valence-corrected chi connectivity index (χ1v) is 9.90. The summed E-state index contributed by atoms with van der Waals surface area (Å²) in [4.78, 5) is 23.2. The maximum absolute atomic E-state index is 12.6. The van der Waals surface area contributed by atoms with Crippen molar-refractivity contribution in [3.05, 3.63) is 71.4 Å². The molecule has 1 aliphatic heterocycles. The molecule has 0 unspecified atom stereocenters. The number of carbonyl (C=O) groups excluding carboxylic acids is 1. The van der Waals surface area contributed by atoms with Gasteiger partial charge in [0.15, 0.2) is 0 Å². The highest BCUT2D eigenvalue weighted by Gasteiger charge is 2.22. The molecule has 0 atom stereocenters. The van der Waals surface area contributed by atoms with Gasteiger partial charge in [0.2, 0.25) is 5.95 Å². The number of hydrogen-bond acceptors (Lipinski definition) is 5. The van der Waals surface area contributed by atoms with Gasteiger partial charge in [-0.2, -0.15) is 0 Å². The molecule has 29 heavy (non-hydrogen) atoms. The quantitative estimate of drug-likeness (QED) is 0.678. The summed E-state index contributed by atoms with van der Waals surface area (Å²) < 4.78 is 0. The summed E-state index contributed by atoms with van der Waals surface area (Å²) in [5.41, 5.74) is 3.16. The summed E-state index contributed by atoms with van der Waals surface area (Å²) in [6.07, 6.45) is 2.66. The molecule has 0 aliphatic carbocycles. The minimum absolute atomic E-state index is 0.00978. The summed E-state index contributed by atoms with van der Waals surface area (Å²) in [5, 5.41) is 13.4. The first kappa shape index (κ1) is 19.4. The highest BCUT2D eigenvalue weighted by atomic mass is 35.5. The van der Waals surface area contributed by atoms with Crippen molar-refractivity contribution < 1.29 is 9.90 Å². The van der Waals surface area contributed by atoms with E-state index in [0.29, 0.717) is 42.5 Å². The third-order valence-electron chi connectivity index (χ3n) is 4.94. The number of halogens is 1. The number of amides is 1. The number of nitrogens with zero attached hydrogens (tertiary/aromatic N) is 3. The van der Waals surface area contributed by atoms with Crippen LogP contribution in [-0.4, -0.2) is 45.1 Å². The molecule has 1 amide bonds. The van der Waals surface area contributed by atoms with Crippen molar-refractivity contribution in [2.45, 2.75) is 18.9 Å². The number of aliphatic hydroxyl groups is 1. The van der Waals surface area contributed by atoms with Crippen LogP contribution in [0.15, 0.2) is 60.8 Å².